The number of carboxylic acid groups (broad SMARTS) is 1. The van der Waals surface area contributed by atoms with Gasteiger partial charge < -0.3 is 16.2 Å². The Balaban J connectivity index is 2.11. The highest BCUT2D eigenvalue weighted by atomic mass is 16.4. The molecule has 1 atom stereocenters. The largest absolute Gasteiger partial charge is 0.480 e. The van der Waals surface area contributed by atoms with Gasteiger partial charge in [-0.15, -0.1) is 0 Å². The lowest BCUT2D eigenvalue weighted by molar-refractivity contribution is -0.136. The molecule has 1 aliphatic carbocycles. The number of fused-ring (bicyclic) bond motifs is 1. The van der Waals surface area contributed by atoms with Crippen LogP contribution in [0.15, 0.2) is 18.2 Å². The monoisotopic (exact) mass is 206 g/mol. The van der Waals surface area contributed by atoms with Gasteiger partial charge in [-0.25, -0.2) is 0 Å². The van der Waals surface area contributed by atoms with Crippen LogP contribution >= 0.6 is 0 Å². The van der Waals surface area contributed by atoms with E-state index < -0.39 is 5.97 Å². The fraction of sp³-hybridized carbons (Fsp3) is 0.364. The molecular formula is C11H14N2O2. The number of hydrogen-bond acceptors (Lipinski definition) is 3. The minimum absolute atomic E-state index is 0.00842. The van der Waals surface area contributed by atoms with Crippen LogP contribution < -0.4 is 11.1 Å². The summed E-state index contributed by atoms with van der Waals surface area (Å²) in [5, 5.41) is 11.6. The molecule has 0 aromatic heterocycles. The molecule has 0 fully saturated rings. The number of hydrogen-bond donors (Lipinski definition) is 3. The number of anilines is 1. The van der Waals surface area contributed by atoms with Crippen molar-refractivity contribution in [1.82, 2.24) is 5.32 Å². The van der Waals surface area contributed by atoms with Crippen LogP contribution in [0.4, 0.5) is 5.69 Å². The highest BCUT2D eigenvalue weighted by molar-refractivity contribution is 5.69. The number of nitrogen functional groups attached to an aromatic ring is 1. The molecule has 0 aliphatic heterocycles. The van der Waals surface area contributed by atoms with E-state index in [1.807, 2.05) is 18.2 Å². The SMILES string of the molecule is Nc1ccc2c(c1)CCC2NCC(=O)O. The molecule has 4 nitrogen and oxygen atoms in total. The van der Waals surface area contributed by atoms with Gasteiger partial charge in [0.15, 0.2) is 0 Å². The maximum Gasteiger partial charge on any atom is 0.317 e. The fourth-order valence-corrected chi connectivity index (χ4v) is 2.06. The number of benzene rings is 1. The molecule has 1 aliphatic rings. The van der Waals surface area contributed by atoms with Gasteiger partial charge in [-0.05, 0) is 36.1 Å². The molecule has 0 amide bonds. The van der Waals surface area contributed by atoms with Crippen molar-refractivity contribution in [2.45, 2.75) is 18.9 Å². The second-order valence-corrected chi connectivity index (χ2v) is 3.82. The molecule has 4 heteroatoms. The van der Waals surface area contributed by atoms with Gasteiger partial charge in [-0.1, -0.05) is 6.07 Å². The van der Waals surface area contributed by atoms with E-state index >= 15 is 0 Å². The molecule has 1 aromatic carbocycles. The highest BCUT2D eigenvalue weighted by Crippen LogP contribution is 2.31. The molecule has 2 rings (SSSR count). The average molecular weight is 206 g/mol. The summed E-state index contributed by atoms with van der Waals surface area (Å²) in [6, 6.07) is 5.98. The van der Waals surface area contributed by atoms with Gasteiger partial charge >= 0.3 is 5.97 Å². The lowest BCUT2D eigenvalue weighted by atomic mass is 10.1. The minimum Gasteiger partial charge on any atom is -0.480 e. The molecule has 0 saturated heterocycles. The van der Waals surface area contributed by atoms with Crippen LogP contribution in [0.25, 0.3) is 0 Å². The van der Waals surface area contributed by atoms with Gasteiger partial charge in [0.05, 0.1) is 6.54 Å². The van der Waals surface area contributed by atoms with Crippen LogP contribution in [0, 0.1) is 0 Å². The third-order valence-corrected chi connectivity index (χ3v) is 2.74. The number of aryl methyl sites for hydroxylation is 1. The maximum absolute atomic E-state index is 10.4. The summed E-state index contributed by atoms with van der Waals surface area (Å²) in [7, 11) is 0. The third-order valence-electron chi connectivity index (χ3n) is 2.74. The third kappa shape index (κ3) is 2.10. The Morgan fingerprint density at radius 2 is 2.40 bits per heavy atom. The summed E-state index contributed by atoms with van der Waals surface area (Å²) in [6.45, 7) is 0.00842. The number of aliphatic carboxylic acids is 1. The van der Waals surface area contributed by atoms with Gasteiger partial charge in [0.25, 0.3) is 0 Å². The van der Waals surface area contributed by atoms with E-state index in [4.69, 9.17) is 10.8 Å². The number of nitrogens with one attached hydrogen (secondary N) is 1. The minimum atomic E-state index is -0.820. The summed E-state index contributed by atoms with van der Waals surface area (Å²) in [5.41, 5.74) is 8.87. The molecule has 4 N–H and O–H groups in total. The number of carbonyl (C=O) groups is 1. The lowest BCUT2D eigenvalue weighted by Gasteiger charge is -2.12. The summed E-state index contributed by atoms with van der Waals surface area (Å²) in [6.07, 6.45) is 1.92. The fourth-order valence-electron chi connectivity index (χ4n) is 2.06. The Morgan fingerprint density at radius 3 is 3.13 bits per heavy atom. The van der Waals surface area contributed by atoms with E-state index in [9.17, 15) is 4.79 Å². The van der Waals surface area contributed by atoms with Crippen molar-refractivity contribution in [2.75, 3.05) is 12.3 Å². The Bertz CT molecular complexity index is 390. The van der Waals surface area contributed by atoms with Crippen molar-refractivity contribution in [2.24, 2.45) is 0 Å². The average Bonchev–Trinajstić information content (AvgIpc) is 2.57. The number of carboxylic acids is 1. The van der Waals surface area contributed by atoms with E-state index in [0.717, 1.165) is 18.5 Å². The standard InChI is InChI=1S/C11H14N2O2/c12-8-2-3-9-7(5-8)1-4-10(9)13-6-11(14)15/h2-3,5,10,13H,1,4,6,12H2,(H,14,15). The van der Waals surface area contributed by atoms with E-state index in [0.29, 0.717) is 0 Å². The molecule has 0 bridgehead atoms. The first-order valence-corrected chi connectivity index (χ1v) is 5.00. The predicted molar refractivity (Wildman–Crippen MR) is 57.6 cm³/mol. The maximum atomic E-state index is 10.4. The van der Waals surface area contributed by atoms with E-state index in [2.05, 4.69) is 5.32 Å². The Labute approximate surface area is 88.1 Å². The van der Waals surface area contributed by atoms with Gasteiger partial charge in [-0.2, -0.15) is 0 Å². The van der Waals surface area contributed by atoms with Crippen molar-refractivity contribution in [3.63, 3.8) is 0 Å². The first-order valence-electron chi connectivity index (χ1n) is 5.00. The van der Waals surface area contributed by atoms with Crippen LogP contribution in [0.2, 0.25) is 0 Å². The van der Waals surface area contributed by atoms with E-state index in [1.54, 1.807) is 0 Å². The Morgan fingerprint density at radius 1 is 1.60 bits per heavy atom. The molecule has 80 valence electrons. The number of rotatable bonds is 3. The van der Waals surface area contributed by atoms with Crippen molar-refractivity contribution in [3.8, 4) is 0 Å². The van der Waals surface area contributed by atoms with Crippen molar-refractivity contribution < 1.29 is 9.90 Å². The molecular weight excluding hydrogens is 192 g/mol. The van der Waals surface area contributed by atoms with Gasteiger partial charge in [0.1, 0.15) is 0 Å². The summed E-state index contributed by atoms with van der Waals surface area (Å²) < 4.78 is 0. The molecule has 0 spiro atoms. The van der Waals surface area contributed by atoms with E-state index in [1.165, 1.54) is 11.1 Å². The second kappa shape index (κ2) is 3.90. The summed E-state index contributed by atoms with van der Waals surface area (Å²) in [4.78, 5) is 10.4. The highest BCUT2D eigenvalue weighted by Gasteiger charge is 2.22. The zero-order valence-corrected chi connectivity index (χ0v) is 8.36. The summed E-state index contributed by atoms with van der Waals surface area (Å²) >= 11 is 0. The predicted octanol–water partition coefficient (Wildman–Crippen LogP) is 0.930. The van der Waals surface area contributed by atoms with Crippen LogP contribution in [0.5, 0.6) is 0 Å². The molecule has 0 radical (unpaired) electrons. The van der Waals surface area contributed by atoms with Crippen molar-refractivity contribution in [1.29, 1.82) is 0 Å². The molecule has 1 aromatic rings. The molecule has 0 heterocycles. The van der Waals surface area contributed by atoms with Crippen LogP contribution in [-0.2, 0) is 11.2 Å². The van der Waals surface area contributed by atoms with Crippen LogP contribution in [-0.4, -0.2) is 17.6 Å². The first kappa shape index (κ1) is 9.98. The summed E-state index contributed by atoms with van der Waals surface area (Å²) in [5.74, 6) is -0.820. The number of nitrogens with two attached hydrogens (primary N) is 1. The lowest BCUT2D eigenvalue weighted by Crippen LogP contribution is -2.25. The molecule has 1 unspecified atom stereocenters. The Hall–Kier alpha value is -1.55. The van der Waals surface area contributed by atoms with Gasteiger partial charge in [0, 0.05) is 11.7 Å². The smallest absolute Gasteiger partial charge is 0.317 e. The van der Waals surface area contributed by atoms with E-state index in [-0.39, 0.29) is 12.6 Å². The van der Waals surface area contributed by atoms with Gasteiger partial charge in [0.2, 0.25) is 0 Å². The first-order chi connectivity index (χ1) is 7.16. The molecule has 15 heavy (non-hydrogen) atoms. The quantitative estimate of drug-likeness (QED) is 0.643. The zero-order valence-electron chi connectivity index (χ0n) is 8.36. The van der Waals surface area contributed by atoms with Crippen LogP contribution in [0.3, 0.4) is 0 Å². The van der Waals surface area contributed by atoms with Crippen molar-refractivity contribution >= 4 is 11.7 Å². The molecule has 0 saturated carbocycles. The van der Waals surface area contributed by atoms with Crippen LogP contribution in [0.1, 0.15) is 23.6 Å². The zero-order chi connectivity index (χ0) is 10.8. The second-order valence-electron chi connectivity index (χ2n) is 3.82. The normalized spacial score (nSPS) is 18.8. The van der Waals surface area contributed by atoms with Crippen molar-refractivity contribution in [3.05, 3.63) is 29.3 Å². The topological polar surface area (TPSA) is 75.3 Å². The van der Waals surface area contributed by atoms with Gasteiger partial charge in [-0.3, -0.25) is 4.79 Å². The Kier molecular flexibility index (Phi) is 2.60.